The normalized spacial score (nSPS) is 11.8. The van der Waals surface area contributed by atoms with E-state index < -0.39 is 0 Å². The van der Waals surface area contributed by atoms with Crippen LogP contribution in [0, 0.1) is 0 Å². The minimum Gasteiger partial charge on any atom is -0.0626 e. The summed E-state index contributed by atoms with van der Waals surface area (Å²) in [6, 6.07) is 19.9. The second-order valence-corrected chi connectivity index (χ2v) is 6.13. The van der Waals surface area contributed by atoms with Gasteiger partial charge in [0.25, 0.3) is 0 Å². The molecule has 0 spiro atoms. The zero-order valence-corrected chi connectivity index (χ0v) is 11.7. The molecular formula is C16H9Si2. The molecule has 0 aliphatic carbocycles. The lowest BCUT2D eigenvalue weighted by Crippen LogP contribution is -2.15. The molecular weight excluding hydrogens is 248 g/mol. The van der Waals surface area contributed by atoms with Crippen LogP contribution in [0.25, 0.3) is 32.3 Å². The summed E-state index contributed by atoms with van der Waals surface area (Å²) in [6.45, 7) is 0. The molecule has 0 N–H and O–H groups in total. The van der Waals surface area contributed by atoms with Crippen LogP contribution in [-0.4, -0.2) is 18.8 Å². The predicted octanol–water partition coefficient (Wildman–Crippen LogP) is 3.00. The molecule has 81 valence electrons. The summed E-state index contributed by atoms with van der Waals surface area (Å²) in [5.74, 6) is 0. The van der Waals surface area contributed by atoms with Crippen molar-refractivity contribution in [2.24, 2.45) is 0 Å². The van der Waals surface area contributed by atoms with E-state index in [1.807, 2.05) is 0 Å². The largest absolute Gasteiger partial charge is 0.0626 e. The second-order valence-electron chi connectivity index (χ2n) is 4.59. The van der Waals surface area contributed by atoms with Gasteiger partial charge >= 0.3 is 0 Å². The van der Waals surface area contributed by atoms with Crippen LogP contribution < -0.4 is 5.19 Å². The third-order valence-corrected chi connectivity index (χ3v) is 5.18. The lowest BCUT2D eigenvalue weighted by Gasteiger charge is -2.12. The quantitative estimate of drug-likeness (QED) is 0.363. The number of rotatable bonds is 1. The number of hydrogen-bond acceptors (Lipinski definition) is 0. The Hall–Kier alpha value is -1.65. The monoisotopic (exact) mass is 257 g/mol. The van der Waals surface area contributed by atoms with Gasteiger partial charge in [0.15, 0.2) is 0 Å². The Morgan fingerprint density at radius 2 is 1.28 bits per heavy atom. The Morgan fingerprint density at radius 3 is 2.00 bits per heavy atom. The molecule has 4 aromatic carbocycles. The van der Waals surface area contributed by atoms with Gasteiger partial charge in [0.1, 0.15) is 0 Å². The van der Waals surface area contributed by atoms with Gasteiger partial charge in [-0.3, -0.25) is 0 Å². The first kappa shape index (κ1) is 10.3. The van der Waals surface area contributed by atoms with E-state index in [1.165, 1.54) is 37.5 Å². The summed E-state index contributed by atoms with van der Waals surface area (Å²) < 4.78 is 0. The lowest BCUT2D eigenvalue weighted by molar-refractivity contribution is 1.80. The molecule has 0 saturated heterocycles. The molecule has 18 heavy (non-hydrogen) atoms. The van der Waals surface area contributed by atoms with Crippen LogP contribution in [0.5, 0.6) is 0 Å². The maximum atomic E-state index is 3.66. The van der Waals surface area contributed by atoms with Crippen LogP contribution in [0.3, 0.4) is 0 Å². The average molecular weight is 257 g/mol. The van der Waals surface area contributed by atoms with Gasteiger partial charge in [-0.2, -0.15) is 0 Å². The van der Waals surface area contributed by atoms with Crippen molar-refractivity contribution in [2.75, 3.05) is 0 Å². The molecule has 0 aliphatic rings. The summed E-state index contributed by atoms with van der Waals surface area (Å²) in [6.07, 6.45) is 0. The number of hydrogen-bond donors (Lipinski definition) is 0. The van der Waals surface area contributed by atoms with Gasteiger partial charge in [0.05, 0.1) is 9.04 Å². The highest BCUT2D eigenvalue weighted by molar-refractivity contribution is 6.98. The Morgan fingerprint density at radius 1 is 0.667 bits per heavy atom. The molecule has 0 atom stereocenters. The minimum absolute atomic E-state index is 0.654. The van der Waals surface area contributed by atoms with Crippen molar-refractivity contribution in [1.29, 1.82) is 0 Å². The minimum atomic E-state index is 0.654. The third kappa shape index (κ3) is 1.24. The molecule has 0 bridgehead atoms. The summed E-state index contributed by atoms with van der Waals surface area (Å²) in [5.41, 5.74) is 0. The van der Waals surface area contributed by atoms with E-state index in [9.17, 15) is 0 Å². The van der Waals surface area contributed by atoms with Crippen molar-refractivity contribution < 1.29 is 0 Å². The summed E-state index contributed by atoms with van der Waals surface area (Å²) in [5, 5.41) is 9.58. The molecule has 0 amide bonds. The molecule has 0 heterocycles. The highest BCUT2D eigenvalue weighted by atomic mass is 29.1. The van der Waals surface area contributed by atoms with Crippen LogP contribution >= 0.6 is 0 Å². The molecule has 0 fully saturated rings. The van der Waals surface area contributed by atoms with E-state index in [-0.39, 0.29) is 0 Å². The van der Waals surface area contributed by atoms with Gasteiger partial charge < -0.3 is 0 Å². The van der Waals surface area contributed by atoms with Crippen molar-refractivity contribution >= 4 is 56.3 Å². The fourth-order valence-corrected chi connectivity index (χ4v) is 4.01. The Balaban J connectivity index is 2.40. The Labute approximate surface area is 111 Å². The van der Waals surface area contributed by atoms with Gasteiger partial charge in [0, 0.05) is 9.76 Å². The van der Waals surface area contributed by atoms with E-state index >= 15 is 0 Å². The predicted molar refractivity (Wildman–Crippen MR) is 81.3 cm³/mol. The van der Waals surface area contributed by atoms with Crippen LogP contribution in [0.15, 0.2) is 54.6 Å². The molecule has 0 saturated carbocycles. The molecule has 0 aromatic heterocycles. The summed E-state index contributed by atoms with van der Waals surface area (Å²) in [7, 11) is 4.32. The highest BCUT2D eigenvalue weighted by Gasteiger charge is 2.09. The van der Waals surface area contributed by atoms with Crippen molar-refractivity contribution in [3.63, 3.8) is 0 Å². The molecule has 4 rings (SSSR count). The van der Waals surface area contributed by atoms with Gasteiger partial charge in [-0.1, -0.05) is 59.8 Å². The van der Waals surface area contributed by atoms with Crippen molar-refractivity contribution in [3.05, 3.63) is 54.6 Å². The Bertz CT molecular complexity index is 849. The summed E-state index contributed by atoms with van der Waals surface area (Å²) >= 11 is 0. The molecule has 0 unspecified atom stereocenters. The average Bonchev–Trinajstić information content (AvgIpc) is 2.44. The van der Waals surface area contributed by atoms with E-state index in [1.54, 1.807) is 0 Å². The van der Waals surface area contributed by atoms with Crippen LogP contribution in [0.2, 0.25) is 0 Å². The fraction of sp³-hybridized carbons (Fsp3) is 0. The van der Waals surface area contributed by atoms with E-state index in [0.29, 0.717) is 9.04 Å². The van der Waals surface area contributed by atoms with E-state index in [4.69, 9.17) is 0 Å². The van der Waals surface area contributed by atoms with Crippen LogP contribution in [-0.2, 0) is 0 Å². The molecule has 0 nitrogen and oxygen atoms in total. The zero-order valence-electron chi connectivity index (χ0n) is 9.70. The topological polar surface area (TPSA) is 0 Å². The molecule has 4 aromatic rings. The molecule has 5 radical (unpaired) electrons. The van der Waals surface area contributed by atoms with Crippen molar-refractivity contribution in [1.82, 2.24) is 0 Å². The van der Waals surface area contributed by atoms with Crippen molar-refractivity contribution in [3.8, 4) is 0 Å². The molecule has 0 aliphatic heterocycles. The highest BCUT2D eigenvalue weighted by Crippen LogP contribution is 2.33. The Kier molecular flexibility index (Phi) is 2.10. The standard InChI is InChI=1S/C16H9Si2/c17-18-14-9-7-12-5-4-10-2-1-3-11-6-8-13(14)16(12)15(10)11/h1-9H. The summed E-state index contributed by atoms with van der Waals surface area (Å²) in [4.78, 5) is 0. The first-order valence-electron chi connectivity index (χ1n) is 5.98. The lowest BCUT2D eigenvalue weighted by atomic mass is 9.94. The van der Waals surface area contributed by atoms with Gasteiger partial charge in [0.2, 0.25) is 0 Å². The fourth-order valence-electron chi connectivity index (χ4n) is 2.84. The molecule has 2 heteroatoms. The maximum Gasteiger partial charge on any atom is 0.0612 e. The third-order valence-electron chi connectivity index (χ3n) is 3.66. The van der Waals surface area contributed by atoms with Gasteiger partial charge in [-0.25, -0.2) is 0 Å². The van der Waals surface area contributed by atoms with Gasteiger partial charge in [-0.15, -0.1) is 0 Å². The SMILES string of the molecule is [Si][Si]c1ccc2ccc3cccc4ccc1c2c34. The zero-order chi connectivity index (χ0) is 12.1. The van der Waals surface area contributed by atoms with Crippen LogP contribution in [0.1, 0.15) is 0 Å². The smallest absolute Gasteiger partial charge is 0.0612 e. The maximum absolute atomic E-state index is 3.66. The van der Waals surface area contributed by atoms with Crippen LogP contribution in [0.4, 0.5) is 0 Å². The van der Waals surface area contributed by atoms with E-state index in [0.717, 1.165) is 0 Å². The van der Waals surface area contributed by atoms with Crippen molar-refractivity contribution in [2.45, 2.75) is 0 Å². The number of benzene rings is 4. The first-order chi connectivity index (χ1) is 8.88. The van der Waals surface area contributed by atoms with Gasteiger partial charge in [-0.05, 0) is 32.3 Å². The first-order valence-corrected chi connectivity index (χ1v) is 8.48. The second kappa shape index (κ2) is 3.67. The van der Waals surface area contributed by atoms with E-state index in [2.05, 4.69) is 64.4 Å².